The Labute approximate surface area is 135 Å². The number of hydrogen-bond donors (Lipinski definition) is 2. The van der Waals surface area contributed by atoms with E-state index in [2.05, 4.69) is 10.9 Å². The first-order valence-corrected chi connectivity index (χ1v) is 7.31. The Bertz CT molecular complexity index is 706. The number of hydrazine groups is 1. The summed E-state index contributed by atoms with van der Waals surface area (Å²) in [7, 11) is 0. The first kappa shape index (κ1) is 16.5. The lowest BCUT2D eigenvalue weighted by atomic mass is 10.1. The van der Waals surface area contributed by atoms with Crippen molar-refractivity contribution in [1.82, 2.24) is 10.9 Å². The number of nitrogens with one attached hydrogen (secondary N) is 2. The summed E-state index contributed by atoms with van der Waals surface area (Å²) in [6.45, 7) is 5.60. The van der Waals surface area contributed by atoms with Gasteiger partial charge in [0.05, 0.1) is 0 Å². The highest BCUT2D eigenvalue weighted by Gasteiger charge is 2.09. The van der Waals surface area contributed by atoms with Crippen LogP contribution in [0, 0.1) is 20.8 Å². The molecule has 0 radical (unpaired) electrons. The molecule has 2 aromatic carbocycles. The molecule has 2 rings (SSSR count). The van der Waals surface area contributed by atoms with Gasteiger partial charge in [0.25, 0.3) is 11.8 Å². The molecule has 0 fully saturated rings. The number of rotatable bonds is 4. The lowest BCUT2D eigenvalue weighted by molar-refractivity contribution is -0.123. The smallest absolute Gasteiger partial charge is 0.276 e. The summed E-state index contributed by atoms with van der Waals surface area (Å²) in [6.07, 6.45) is 0. The molecule has 0 aliphatic heterocycles. The fourth-order valence-electron chi connectivity index (χ4n) is 2.19. The van der Waals surface area contributed by atoms with E-state index < -0.39 is 5.91 Å². The van der Waals surface area contributed by atoms with Gasteiger partial charge in [-0.3, -0.25) is 20.4 Å². The molecule has 120 valence electrons. The minimum absolute atomic E-state index is 0.170. The fourth-order valence-corrected chi connectivity index (χ4v) is 2.19. The minimum Gasteiger partial charge on any atom is -0.484 e. The summed E-state index contributed by atoms with van der Waals surface area (Å²) >= 11 is 0. The first-order valence-electron chi connectivity index (χ1n) is 7.31. The molecule has 0 atom stereocenters. The Balaban J connectivity index is 1.83. The van der Waals surface area contributed by atoms with E-state index in [-0.39, 0.29) is 12.5 Å². The van der Waals surface area contributed by atoms with E-state index in [0.717, 1.165) is 16.7 Å². The van der Waals surface area contributed by atoms with Crippen LogP contribution in [0.25, 0.3) is 0 Å². The average molecular weight is 312 g/mol. The van der Waals surface area contributed by atoms with Crippen molar-refractivity contribution in [3.05, 3.63) is 64.7 Å². The number of ether oxygens (including phenoxy) is 1. The van der Waals surface area contributed by atoms with Gasteiger partial charge in [-0.1, -0.05) is 29.3 Å². The Morgan fingerprint density at radius 1 is 0.913 bits per heavy atom. The normalized spacial score (nSPS) is 10.0. The molecule has 0 aliphatic carbocycles. The maximum absolute atomic E-state index is 12.0. The Kier molecular flexibility index (Phi) is 5.36. The monoisotopic (exact) mass is 312 g/mol. The molecule has 0 bridgehead atoms. The van der Waals surface area contributed by atoms with Crippen LogP contribution in [0.3, 0.4) is 0 Å². The zero-order valence-electron chi connectivity index (χ0n) is 13.5. The average Bonchev–Trinajstić information content (AvgIpc) is 2.49. The van der Waals surface area contributed by atoms with Gasteiger partial charge in [0.2, 0.25) is 0 Å². The maximum atomic E-state index is 12.0. The second-order valence-corrected chi connectivity index (χ2v) is 5.48. The van der Waals surface area contributed by atoms with E-state index in [0.29, 0.717) is 11.3 Å². The van der Waals surface area contributed by atoms with Crippen LogP contribution >= 0.6 is 0 Å². The lowest BCUT2D eigenvalue weighted by Crippen LogP contribution is -2.43. The van der Waals surface area contributed by atoms with E-state index in [1.54, 1.807) is 18.2 Å². The van der Waals surface area contributed by atoms with Crippen molar-refractivity contribution in [2.75, 3.05) is 6.61 Å². The van der Waals surface area contributed by atoms with E-state index in [1.165, 1.54) is 0 Å². The maximum Gasteiger partial charge on any atom is 0.276 e. The predicted molar refractivity (Wildman–Crippen MR) is 88.2 cm³/mol. The molecule has 0 saturated carbocycles. The number of carbonyl (C=O) groups is 2. The van der Waals surface area contributed by atoms with E-state index >= 15 is 0 Å². The second-order valence-electron chi connectivity index (χ2n) is 5.48. The van der Waals surface area contributed by atoms with Gasteiger partial charge in [0.1, 0.15) is 5.75 Å². The highest BCUT2D eigenvalue weighted by atomic mass is 16.5. The molecule has 23 heavy (non-hydrogen) atoms. The van der Waals surface area contributed by atoms with Gasteiger partial charge in [-0.05, 0) is 50.6 Å². The van der Waals surface area contributed by atoms with Crippen LogP contribution in [0.5, 0.6) is 5.75 Å². The number of aryl methyl sites for hydroxylation is 3. The highest BCUT2D eigenvalue weighted by Crippen LogP contribution is 2.12. The summed E-state index contributed by atoms with van der Waals surface area (Å²) in [5.41, 5.74) is 8.25. The van der Waals surface area contributed by atoms with Crippen LogP contribution in [0.15, 0.2) is 42.5 Å². The largest absolute Gasteiger partial charge is 0.484 e. The predicted octanol–water partition coefficient (Wildman–Crippen LogP) is 2.45. The summed E-state index contributed by atoms with van der Waals surface area (Å²) in [5, 5.41) is 0. The molecule has 0 aliphatic rings. The summed E-state index contributed by atoms with van der Waals surface area (Å²) in [5.74, 6) is -0.175. The molecular weight excluding hydrogens is 292 g/mol. The van der Waals surface area contributed by atoms with Crippen molar-refractivity contribution >= 4 is 11.8 Å². The molecule has 5 nitrogen and oxygen atoms in total. The van der Waals surface area contributed by atoms with Crippen molar-refractivity contribution in [3.63, 3.8) is 0 Å². The van der Waals surface area contributed by atoms with Crippen LogP contribution in [0.4, 0.5) is 0 Å². The van der Waals surface area contributed by atoms with Crippen molar-refractivity contribution in [1.29, 1.82) is 0 Å². The number of carbonyl (C=O) groups excluding carboxylic acids is 2. The molecule has 2 aromatic rings. The molecule has 5 heteroatoms. The van der Waals surface area contributed by atoms with E-state index in [4.69, 9.17) is 4.74 Å². The van der Waals surface area contributed by atoms with Crippen molar-refractivity contribution < 1.29 is 14.3 Å². The Hall–Kier alpha value is -2.82. The van der Waals surface area contributed by atoms with Gasteiger partial charge < -0.3 is 4.74 Å². The minimum atomic E-state index is -0.427. The molecule has 0 unspecified atom stereocenters. The Morgan fingerprint density at radius 3 is 2.26 bits per heavy atom. The summed E-state index contributed by atoms with van der Waals surface area (Å²) in [6, 6.07) is 12.9. The van der Waals surface area contributed by atoms with Gasteiger partial charge in [-0.2, -0.15) is 0 Å². The second kappa shape index (κ2) is 7.45. The van der Waals surface area contributed by atoms with Crippen LogP contribution < -0.4 is 15.6 Å². The zero-order chi connectivity index (χ0) is 16.8. The van der Waals surface area contributed by atoms with Gasteiger partial charge in [-0.15, -0.1) is 0 Å². The van der Waals surface area contributed by atoms with Crippen molar-refractivity contribution in [2.45, 2.75) is 20.8 Å². The quantitative estimate of drug-likeness (QED) is 0.852. The third-order valence-corrected chi connectivity index (χ3v) is 3.16. The molecule has 2 N–H and O–H groups in total. The Morgan fingerprint density at radius 2 is 1.61 bits per heavy atom. The summed E-state index contributed by atoms with van der Waals surface area (Å²) < 4.78 is 5.36. The SMILES string of the molecule is Cc1cccc(OCC(=O)NNC(=O)c2cc(C)cc(C)c2)c1. The molecule has 0 saturated heterocycles. The van der Waals surface area contributed by atoms with Gasteiger partial charge in [-0.25, -0.2) is 0 Å². The van der Waals surface area contributed by atoms with Crippen LogP contribution in [-0.4, -0.2) is 18.4 Å². The van der Waals surface area contributed by atoms with Gasteiger partial charge >= 0.3 is 0 Å². The van der Waals surface area contributed by atoms with Crippen LogP contribution in [0.2, 0.25) is 0 Å². The molecule has 0 aromatic heterocycles. The topological polar surface area (TPSA) is 67.4 Å². The van der Waals surface area contributed by atoms with Gasteiger partial charge in [0, 0.05) is 5.56 Å². The highest BCUT2D eigenvalue weighted by molar-refractivity contribution is 5.95. The molecule has 2 amide bonds. The third kappa shape index (κ3) is 5.14. The van der Waals surface area contributed by atoms with Crippen LogP contribution in [0.1, 0.15) is 27.0 Å². The summed E-state index contributed by atoms with van der Waals surface area (Å²) in [4.78, 5) is 23.7. The zero-order valence-corrected chi connectivity index (χ0v) is 13.5. The molecule has 0 heterocycles. The molecule has 0 spiro atoms. The van der Waals surface area contributed by atoms with Gasteiger partial charge in [0.15, 0.2) is 6.61 Å². The van der Waals surface area contributed by atoms with Crippen LogP contribution in [-0.2, 0) is 4.79 Å². The standard InChI is InChI=1S/C18H20N2O3/c1-12-5-4-6-16(10-12)23-11-17(21)19-20-18(22)15-8-13(2)7-14(3)9-15/h4-10H,11H2,1-3H3,(H,19,21)(H,20,22). The third-order valence-electron chi connectivity index (χ3n) is 3.16. The first-order chi connectivity index (χ1) is 10.9. The number of benzene rings is 2. The fraction of sp³-hybridized carbons (Fsp3) is 0.222. The van der Waals surface area contributed by atoms with Crippen molar-refractivity contribution in [2.24, 2.45) is 0 Å². The number of hydrogen-bond acceptors (Lipinski definition) is 3. The van der Waals surface area contributed by atoms with Crippen molar-refractivity contribution in [3.8, 4) is 5.75 Å². The molecular formula is C18H20N2O3. The van der Waals surface area contributed by atoms with E-state index in [1.807, 2.05) is 45.0 Å². The lowest BCUT2D eigenvalue weighted by Gasteiger charge is -2.10. The van der Waals surface area contributed by atoms with E-state index in [9.17, 15) is 9.59 Å². The number of amides is 2.